The molecule has 0 N–H and O–H groups in total. The normalized spacial score (nSPS) is 11.3. The van der Waals surface area contributed by atoms with E-state index in [0.717, 1.165) is 10.1 Å². The number of esters is 3. The Hall–Kier alpha value is -2.06. The van der Waals surface area contributed by atoms with E-state index in [1.54, 1.807) is 39.0 Å². The van der Waals surface area contributed by atoms with Crippen molar-refractivity contribution in [3.63, 3.8) is 0 Å². The third kappa shape index (κ3) is 4.76. The monoisotopic (exact) mass is 396 g/mol. The summed E-state index contributed by atoms with van der Waals surface area (Å²) in [5, 5.41) is 0.775. The number of fused-ring (bicyclic) bond motifs is 1. The quantitative estimate of drug-likeness (QED) is 0.431. The van der Waals surface area contributed by atoms with Crippen molar-refractivity contribution in [1.29, 1.82) is 0 Å². The van der Waals surface area contributed by atoms with E-state index in [-0.39, 0.29) is 5.75 Å². The second-order valence-corrected chi connectivity index (χ2v) is 8.37. The highest BCUT2D eigenvalue weighted by atomic mass is 32.2. The largest absolute Gasteiger partial charge is 0.468 e. The molecule has 0 amide bonds. The molecule has 2 aromatic rings. The lowest BCUT2D eigenvalue weighted by molar-refractivity contribution is -0.137. The summed E-state index contributed by atoms with van der Waals surface area (Å²) in [6.07, 6.45) is 0. The Labute approximate surface area is 159 Å². The van der Waals surface area contributed by atoms with Gasteiger partial charge >= 0.3 is 17.9 Å². The van der Waals surface area contributed by atoms with Crippen LogP contribution >= 0.6 is 23.1 Å². The average Bonchev–Trinajstić information content (AvgIpc) is 2.95. The number of methoxy groups -OCH3 is 2. The lowest BCUT2D eigenvalue weighted by Gasteiger charge is -2.19. The first-order chi connectivity index (χ1) is 12.2. The molecular weight excluding hydrogens is 376 g/mol. The number of carbonyl (C=O) groups excluding carboxylic acids is 3. The van der Waals surface area contributed by atoms with E-state index in [1.807, 2.05) is 0 Å². The highest BCUT2D eigenvalue weighted by molar-refractivity contribution is 8.00. The maximum Gasteiger partial charge on any atom is 0.349 e. The maximum absolute atomic E-state index is 12.3. The van der Waals surface area contributed by atoms with Gasteiger partial charge in [0.2, 0.25) is 0 Å². The Kier molecular flexibility index (Phi) is 6.30. The summed E-state index contributed by atoms with van der Waals surface area (Å²) < 4.78 is 15.6. The van der Waals surface area contributed by atoms with Crippen molar-refractivity contribution in [1.82, 2.24) is 0 Å². The minimum Gasteiger partial charge on any atom is -0.468 e. The van der Waals surface area contributed by atoms with Crippen molar-refractivity contribution < 1.29 is 28.6 Å². The molecule has 0 aliphatic heterocycles. The molecule has 0 atom stereocenters. The summed E-state index contributed by atoms with van der Waals surface area (Å²) >= 11 is 2.41. The van der Waals surface area contributed by atoms with Gasteiger partial charge in [0.25, 0.3) is 0 Å². The van der Waals surface area contributed by atoms with Crippen molar-refractivity contribution in [2.24, 2.45) is 0 Å². The maximum atomic E-state index is 12.3. The molecule has 8 heteroatoms. The van der Waals surface area contributed by atoms with Crippen LogP contribution in [0.4, 0.5) is 0 Å². The summed E-state index contributed by atoms with van der Waals surface area (Å²) in [4.78, 5) is 36.8. The zero-order valence-electron chi connectivity index (χ0n) is 15.2. The number of carbonyl (C=O) groups is 3. The van der Waals surface area contributed by atoms with Crippen LogP contribution in [0.1, 0.15) is 40.8 Å². The number of ether oxygens (including phenoxy) is 3. The molecule has 0 radical (unpaired) electrons. The minimum atomic E-state index is -0.597. The van der Waals surface area contributed by atoms with Crippen LogP contribution in [0, 0.1) is 0 Å². The number of rotatable bonds is 5. The molecular formula is C18H20O6S2. The van der Waals surface area contributed by atoms with Gasteiger partial charge < -0.3 is 14.2 Å². The van der Waals surface area contributed by atoms with Gasteiger partial charge in [-0.15, -0.1) is 23.1 Å². The van der Waals surface area contributed by atoms with E-state index in [9.17, 15) is 14.4 Å². The first-order valence-electron chi connectivity index (χ1n) is 7.74. The Morgan fingerprint density at radius 1 is 1.08 bits per heavy atom. The van der Waals surface area contributed by atoms with Crippen molar-refractivity contribution in [3.05, 3.63) is 28.6 Å². The molecule has 1 heterocycles. The van der Waals surface area contributed by atoms with E-state index in [4.69, 9.17) is 9.47 Å². The standard InChI is InChI=1S/C18H20O6S2/c1-18(2,3)24-16(20)10-6-7-11-12(8-10)26-15(17(21)23-5)14(11)25-9-13(19)22-4/h6-8H,9H2,1-5H3. The van der Waals surface area contributed by atoms with Crippen molar-refractivity contribution >= 4 is 51.1 Å². The van der Waals surface area contributed by atoms with Gasteiger partial charge in [0, 0.05) is 15.0 Å². The lowest BCUT2D eigenvalue weighted by atomic mass is 10.1. The van der Waals surface area contributed by atoms with Crippen molar-refractivity contribution in [3.8, 4) is 0 Å². The first-order valence-corrected chi connectivity index (χ1v) is 9.54. The predicted molar refractivity (Wildman–Crippen MR) is 101 cm³/mol. The molecule has 6 nitrogen and oxygen atoms in total. The molecule has 0 bridgehead atoms. The van der Waals surface area contributed by atoms with Crippen LogP contribution in [-0.2, 0) is 19.0 Å². The van der Waals surface area contributed by atoms with Crippen LogP contribution < -0.4 is 0 Å². The van der Waals surface area contributed by atoms with Crippen molar-refractivity contribution in [2.75, 3.05) is 20.0 Å². The van der Waals surface area contributed by atoms with Gasteiger partial charge in [-0.2, -0.15) is 0 Å². The minimum absolute atomic E-state index is 0.0696. The van der Waals surface area contributed by atoms with Gasteiger partial charge in [-0.3, -0.25) is 4.79 Å². The molecule has 0 saturated heterocycles. The fourth-order valence-electron chi connectivity index (χ4n) is 2.10. The molecule has 0 unspecified atom stereocenters. The van der Waals surface area contributed by atoms with Gasteiger partial charge in [0.1, 0.15) is 10.5 Å². The third-order valence-corrected chi connectivity index (χ3v) is 5.57. The molecule has 1 aromatic heterocycles. The van der Waals surface area contributed by atoms with E-state index < -0.39 is 23.5 Å². The Morgan fingerprint density at radius 2 is 1.77 bits per heavy atom. The van der Waals surface area contributed by atoms with Crippen LogP contribution in [0.3, 0.4) is 0 Å². The summed E-state index contributed by atoms with van der Waals surface area (Å²) in [5.74, 6) is -1.25. The second kappa shape index (κ2) is 8.09. The highest BCUT2D eigenvalue weighted by Crippen LogP contribution is 2.39. The topological polar surface area (TPSA) is 78.9 Å². The van der Waals surface area contributed by atoms with E-state index in [0.29, 0.717) is 15.3 Å². The molecule has 0 saturated carbocycles. The molecule has 140 valence electrons. The average molecular weight is 396 g/mol. The molecule has 0 aliphatic carbocycles. The Bertz CT molecular complexity index is 847. The molecule has 0 spiro atoms. The van der Waals surface area contributed by atoms with Crippen LogP contribution in [0.15, 0.2) is 23.1 Å². The van der Waals surface area contributed by atoms with Crippen LogP contribution in [0.2, 0.25) is 0 Å². The second-order valence-electron chi connectivity index (χ2n) is 6.33. The summed E-state index contributed by atoms with van der Waals surface area (Å²) in [7, 11) is 2.61. The number of hydrogen-bond acceptors (Lipinski definition) is 8. The fourth-order valence-corrected chi connectivity index (χ4v) is 4.45. The first kappa shape index (κ1) is 20.3. The smallest absolute Gasteiger partial charge is 0.349 e. The fraction of sp³-hybridized carbons (Fsp3) is 0.389. The summed E-state index contributed by atoms with van der Waals surface area (Å²) in [6.45, 7) is 5.39. The lowest BCUT2D eigenvalue weighted by Crippen LogP contribution is -2.23. The van der Waals surface area contributed by atoms with E-state index in [1.165, 1.54) is 37.3 Å². The zero-order valence-corrected chi connectivity index (χ0v) is 16.8. The molecule has 1 aromatic carbocycles. The van der Waals surface area contributed by atoms with E-state index >= 15 is 0 Å². The Balaban J connectivity index is 2.44. The zero-order chi connectivity index (χ0) is 19.5. The predicted octanol–water partition coefficient (Wildman–Crippen LogP) is 3.91. The number of thiophene rings is 1. The number of benzene rings is 1. The van der Waals surface area contributed by atoms with Crippen LogP contribution in [0.5, 0.6) is 0 Å². The summed E-state index contributed by atoms with van der Waals surface area (Å²) in [6, 6.07) is 5.08. The highest BCUT2D eigenvalue weighted by Gasteiger charge is 2.23. The van der Waals surface area contributed by atoms with Gasteiger partial charge in [-0.05, 0) is 32.9 Å². The van der Waals surface area contributed by atoms with Gasteiger partial charge in [-0.25, -0.2) is 9.59 Å². The number of thioether (sulfide) groups is 1. The molecule has 0 fully saturated rings. The van der Waals surface area contributed by atoms with Gasteiger partial charge in [0.15, 0.2) is 0 Å². The molecule has 2 rings (SSSR count). The number of hydrogen-bond donors (Lipinski definition) is 0. The van der Waals surface area contributed by atoms with Crippen LogP contribution in [0.25, 0.3) is 10.1 Å². The SMILES string of the molecule is COC(=O)CSc1c(C(=O)OC)sc2cc(C(=O)OC(C)(C)C)ccc12. The van der Waals surface area contributed by atoms with E-state index in [2.05, 4.69) is 4.74 Å². The van der Waals surface area contributed by atoms with Crippen LogP contribution in [-0.4, -0.2) is 43.5 Å². The molecule has 0 aliphatic rings. The van der Waals surface area contributed by atoms with Gasteiger partial charge in [0.05, 0.1) is 25.5 Å². The summed E-state index contributed by atoms with van der Waals surface area (Å²) in [5.41, 5.74) is -0.199. The van der Waals surface area contributed by atoms with Crippen molar-refractivity contribution in [2.45, 2.75) is 31.3 Å². The Morgan fingerprint density at radius 3 is 2.35 bits per heavy atom. The third-order valence-electron chi connectivity index (χ3n) is 3.21. The van der Waals surface area contributed by atoms with Gasteiger partial charge in [-0.1, -0.05) is 6.07 Å². The molecule has 26 heavy (non-hydrogen) atoms.